The Morgan fingerprint density at radius 1 is 1.17 bits per heavy atom. The lowest BCUT2D eigenvalue weighted by Gasteiger charge is -2.31. The third kappa shape index (κ3) is 2.47. The monoisotopic (exact) mass is 243 g/mol. The summed E-state index contributed by atoms with van der Waals surface area (Å²) >= 11 is 0. The fraction of sp³-hybridized carbons (Fsp3) is 0.647. The van der Waals surface area contributed by atoms with Crippen molar-refractivity contribution >= 4 is 0 Å². The van der Waals surface area contributed by atoms with Crippen molar-refractivity contribution in [1.82, 2.24) is 5.32 Å². The Hall–Kier alpha value is -0.820. The van der Waals surface area contributed by atoms with Crippen LogP contribution in [0.2, 0.25) is 0 Å². The average Bonchev–Trinajstić information content (AvgIpc) is 2.84. The fourth-order valence-electron chi connectivity index (χ4n) is 3.77. The Balaban J connectivity index is 1.67. The number of hydrogen-bond donors (Lipinski definition) is 1. The van der Waals surface area contributed by atoms with Crippen molar-refractivity contribution in [3.8, 4) is 0 Å². The predicted molar refractivity (Wildman–Crippen MR) is 77.0 cm³/mol. The molecular weight excluding hydrogens is 218 g/mol. The highest BCUT2D eigenvalue weighted by Crippen LogP contribution is 2.33. The summed E-state index contributed by atoms with van der Waals surface area (Å²) in [7, 11) is 0. The minimum absolute atomic E-state index is 0.423. The Morgan fingerprint density at radius 2 is 1.94 bits per heavy atom. The topological polar surface area (TPSA) is 12.0 Å². The summed E-state index contributed by atoms with van der Waals surface area (Å²) in [5.74, 6) is 0.743. The first-order chi connectivity index (χ1) is 8.77. The highest BCUT2D eigenvalue weighted by atomic mass is 15.0. The van der Waals surface area contributed by atoms with Crippen LogP contribution in [0.1, 0.15) is 62.5 Å². The zero-order valence-electron chi connectivity index (χ0n) is 11.5. The van der Waals surface area contributed by atoms with Gasteiger partial charge in [-0.3, -0.25) is 0 Å². The molecule has 3 rings (SSSR count). The minimum atomic E-state index is 0.423. The molecule has 0 heterocycles. The van der Waals surface area contributed by atoms with E-state index in [4.69, 9.17) is 0 Å². The maximum Gasteiger partial charge on any atom is 0.0153 e. The van der Waals surface area contributed by atoms with E-state index in [1.165, 1.54) is 51.5 Å². The van der Waals surface area contributed by atoms with Gasteiger partial charge in [0.15, 0.2) is 0 Å². The molecule has 0 amide bonds. The Morgan fingerprint density at radius 3 is 2.78 bits per heavy atom. The number of rotatable bonds is 3. The van der Waals surface area contributed by atoms with Crippen molar-refractivity contribution in [2.75, 3.05) is 6.54 Å². The van der Waals surface area contributed by atoms with Gasteiger partial charge < -0.3 is 5.32 Å². The van der Waals surface area contributed by atoms with Crippen LogP contribution >= 0.6 is 0 Å². The molecule has 0 saturated heterocycles. The minimum Gasteiger partial charge on any atom is -0.311 e. The number of benzene rings is 1. The van der Waals surface area contributed by atoms with Crippen LogP contribution < -0.4 is 5.32 Å². The summed E-state index contributed by atoms with van der Waals surface area (Å²) in [5.41, 5.74) is 3.62. The van der Waals surface area contributed by atoms with E-state index in [0.29, 0.717) is 5.54 Å². The molecule has 1 saturated carbocycles. The lowest BCUT2D eigenvalue weighted by atomic mass is 9.82. The molecule has 1 atom stereocenters. The molecule has 2 aliphatic carbocycles. The Labute approximate surface area is 111 Å². The first-order valence-corrected chi connectivity index (χ1v) is 7.60. The van der Waals surface area contributed by atoms with Crippen LogP contribution in [-0.4, -0.2) is 12.1 Å². The third-order valence-corrected chi connectivity index (χ3v) is 4.98. The van der Waals surface area contributed by atoms with Gasteiger partial charge in [-0.05, 0) is 56.1 Å². The summed E-state index contributed by atoms with van der Waals surface area (Å²) in [6.45, 7) is 3.59. The fourth-order valence-corrected chi connectivity index (χ4v) is 3.77. The third-order valence-electron chi connectivity index (χ3n) is 4.98. The number of nitrogens with one attached hydrogen (secondary N) is 1. The molecule has 0 aromatic heterocycles. The molecule has 1 unspecified atom stereocenters. The molecule has 2 aliphatic rings. The molecule has 0 spiro atoms. The molecule has 0 radical (unpaired) electrons. The molecule has 98 valence electrons. The molecule has 1 aromatic carbocycles. The van der Waals surface area contributed by atoms with Crippen molar-refractivity contribution < 1.29 is 0 Å². The van der Waals surface area contributed by atoms with E-state index in [1.807, 2.05) is 0 Å². The van der Waals surface area contributed by atoms with E-state index in [1.54, 1.807) is 11.1 Å². The summed E-state index contributed by atoms with van der Waals surface area (Å²) < 4.78 is 0. The first-order valence-electron chi connectivity index (χ1n) is 7.60. The quantitative estimate of drug-likeness (QED) is 0.845. The van der Waals surface area contributed by atoms with Gasteiger partial charge in [-0.25, -0.2) is 0 Å². The second kappa shape index (κ2) is 5.05. The molecule has 0 aliphatic heterocycles. The Kier molecular flexibility index (Phi) is 3.43. The zero-order valence-corrected chi connectivity index (χ0v) is 11.5. The van der Waals surface area contributed by atoms with Gasteiger partial charge in [0, 0.05) is 12.1 Å². The largest absolute Gasteiger partial charge is 0.311 e. The smallest absolute Gasteiger partial charge is 0.0153 e. The summed E-state index contributed by atoms with van der Waals surface area (Å²) in [5, 5.41) is 3.87. The second-order valence-electron chi connectivity index (χ2n) is 6.44. The molecule has 1 N–H and O–H groups in total. The van der Waals surface area contributed by atoms with Crippen LogP contribution in [0.25, 0.3) is 0 Å². The van der Waals surface area contributed by atoms with Gasteiger partial charge in [0.25, 0.3) is 0 Å². The highest BCUT2D eigenvalue weighted by molar-refractivity contribution is 5.32. The van der Waals surface area contributed by atoms with Crippen molar-refractivity contribution in [2.45, 2.75) is 63.3 Å². The van der Waals surface area contributed by atoms with Crippen molar-refractivity contribution in [1.29, 1.82) is 0 Å². The molecule has 18 heavy (non-hydrogen) atoms. The second-order valence-corrected chi connectivity index (χ2v) is 6.44. The van der Waals surface area contributed by atoms with Gasteiger partial charge >= 0.3 is 0 Å². The SMILES string of the molecule is CC1(NCC2CCCc3ccccc32)CCCC1. The van der Waals surface area contributed by atoms with E-state index in [-0.39, 0.29) is 0 Å². The first kappa shape index (κ1) is 12.2. The van der Waals surface area contributed by atoms with Gasteiger partial charge in [-0.2, -0.15) is 0 Å². The van der Waals surface area contributed by atoms with Crippen LogP contribution in [0.15, 0.2) is 24.3 Å². The summed E-state index contributed by atoms with van der Waals surface area (Å²) in [6, 6.07) is 9.05. The van der Waals surface area contributed by atoms with Gasteiger partial charge in [0.1, 0.15) is 0 Å². The van der Waals surface area contributed by atoms with Crippen LogP contribution in [0, 0.1) is 0 Å². The molecule has 1 fully saturated rings. The van der Waals surface area contributed by atoms with E-state index < -0.39 is 0 Å². The number of fused-ring (bicyclic) bond motifs is 1. The lowest BCUT2D eigenvalue weighted by molar-refractivity contribution is 0.343. The summed E-state index contributed by atoms with van der Waals surface area (Å²) in [6.07, 6.45) is 9.54. The zero-order chi connectivity index (χ0) is 12.4. The standard InChI is InChI=1S/C17H25N/c1-17(11-4-5-12-17)18-13-15-9-6-8-14-7-2-3-10-16(14)15/h2-3,7,10,15,18H,4-6,8-9,11-13H2,1H3. The van der Waals surface area contributed by atoms with Crippen LogP contribution in [0.5, 0.6) is 0 Å². The number of aryl methyl sites for hydroxylation is 1. The molecular formula is C17H25N. The van der Waals surface area contributed by atoms with Gasteiger partial charge in [-0.15, -0.1) is 0 Å². The maximum atomic E-state index is 3.87. The molecule has 1 heteroatoms. The van der Waals surface area contributed by atoms with E-state index in [0.717, 1.165) is 5.92 Å². The van der Waals surface area contributed by atoms with E-state index >= 15 is 0 Å². The average molecular weight is 243 g/mol. The molecule has 1 nitrogen and oxygen atoms in total. The highest BCUT2D eigenvalue weighted by Gasteiger charge is 2.29. The van der Waals surface area contributed by atoms with E-state index in [2.05, 4.69) is 36.5 Å². The molecule has 0 bridgehead atoms. The number of hydrogen-bond acceptors (Lipinski definition) is 1. The maximum absolute atomic E-state index is 3.87. The van der Waals surface area contributed by atoms with Crippen LogP contribution in [0.3, 0.4) is 0 Å². The van der Waals surface area contributed by atoms with E-state index in [9.17, 15) is 0 Å². The van der Waals surface area contributed by atoms with Crippen LogP contribution in [0.4, 0.5) is 0 Å². The van der Waals surface area contributed by atoms with Crippen molar-refractivity contribution in [2.24, 2.45) is 0 Å². The van der Waals surface area contributed by atoms with Gasteiger partial charge in [0.05, 0.1) is 0 Å². The van der Waals surface area contributed by atoms with Crippen molar-refractivity contribution in [3.05, 3.63) is 35.4 Å². The van der Waals surface area contributed by atoms with Crippen LogP contribution in [-0.2, 0) is 6.42 Å². The Bertz CT molecular complexity index is 404. The van der Waals surface area contributed by atoms with Crippen molar-refractivity contribution in [3.63, 3.8) is 0 Å². The predicted octanol–water partition coefficient (Wildman–Crippen LogP) is 4.03. The van der Waals surface area contributed by atoms with Gasteiger partial charge in [0.2, 0.25) is 0 Å². The normalized spacial score (nSPS) is 25.9. The lowest BCUT2D eigenvalue weighted by Crippen LogP contribution is -2.42. The summed E-state index contributed by atoms with van der Waals surface area (Å²) in [4.78, 5) is 0. The molecule has 1 aromatic rings. The van der Waals surface area contributed by atoms with Gasteiger partial charge in [-0.1, -0.05) is 37.1 Å².